The first-order chi connectivity index (χ1) is 9.74. The molecule has 20 heavy (non-hydrogen) atoms. The zero-order chi connectivity index (χ0) is 14.4. The molecule has 0 bridgehead atoms. The Kier molecular flexibility index (Phi) is 4.65. The fourth-order valence-electron chi connectivity index (χ4n) is 1.81. The van der Waals surface area contributed by atoms with Gasteiger partial charge in [0.1, 0.15) is 5.75 Å². The van der Waals surface area contributed by atoms with Crippen LogP contribution >= 0.6 is 0 Å². The van der Waals surface area contributed by atoms with Crippen LogP contribution in [0.3, 0.4) is 0 Å². The van der Waals surface area contributed by atoms with Gasteiger partial charge >= 0.3 is 0 Å². The van der Waals surface area contributed by atoms with Crippen molar-refractivity contribution in [3.05, 3.63) is 42.2 Å². The Morgan fingerprint density at radius 3 is 2.45 bits per heavy atom. The molecule has 0 unspecified atom stereocenters. The molecule has 0 fully saturated rings. The van der Waals surface area contributed by atoms with Crippen molar-refractivity contribution in [2.75, 3.05) is 26.6 Å². The Balaban J connectivity index is 2.02. The summed E-state index contributed by atoms with van der Waals surface area (Å²) in [7, 11) is 3.14. The summed E-state index contributed by atoms with van der Waals surface area (Å²) in [5.74, 6) is 1.76. The third kappa shape index (κ3) is 3.32. The van der Waals surface area contributed by atoms with Crippen LogP contribution in [0, 0.1) is 0 Å². The molecule has 1 aromatic carbocycles. The van der Waals surface area contributed by atoms with Crippen molar-refractivity contribution in [2.24, 2.45) is 0 Å². The average Bonchev–Trinajstić information content (AvgIpc) is 2.49. The van der Waals surface area contributed by atoms with Crippen LogP contribution in [0.5, 0.6) is 17.2 Å². The number of rotatable bonds is 6. The van der Waals surface area contributed by atoms with Gasteiger partial charge in [-0.05, 0) is 12.1 Å². The van der Waals surface area contributed by atoms with Crippen LogP contribution < -0.4 is 19.9 Å². The lowest BCUT2D eigenvalue weighted by Gasteiger charge is -2.13. The topological polar surface area (TPSA) is 66.6 Å². The molecule has 0 atom stereocenters. The number of benzene rings is 1. The summed E-state index contributed by atoms with van der Waals surface area (Å²) in [5, 5.41) is 0. The number of pyridine rings is 1. The average molecular weight is 274 g/mol. The number of aromatic nitrogens is 1. The number of nitrogens with zero attached hydrogens (tertiary/aromatic N) is 1. The Morgan fingerprint density at radius 2 is 1.80 bits per heavy atom. The highest BCUT2D eigenvalue weighted by Gasteiger charge is 2.10. The SMILES string of the molecule is COc1cc(N)c(OCCc2ccccn2)cc1OC. The van der Waals surface area contributed by atoms with Crippen molar-refractivity contribution in [1.82, 2.24) is 4.98 Å². The lowest BCUT2D eigenvalue weighted by atomic mass is 10.2. The molecule has 5 heteroatoms. The maximum atomic E-state index is 5.92. The van der Waals surface area contributed by atoms with Gasteiger partial charge in [-0.1, -0.05) is 6.07 Å². The first kappa shape index (κ1) is 14.0. The number of nitrogen functional groups attached to an aromatic ring is 1. The molecule has 0 radical (unpaired) electrons. The molecule has 0 aliphatic rings. The highest BCUT2D eigenvalue weighted by molar-refractivity contribution is 5.61. The van der Waals surface area contributed by atoms with E-state index < -0.39 is 0 Å². The first-order valence-electron chi connectivity index (χ1n) is 6.28. The van der Waals surface area contributed by atoms with Gasteiger partial charge in [-0.15, -0.1) is 0 Å². The van der Waals surface area contributed by atoms with Crippen molar-refractivity contribution in [3.63, 3.8) is 0 Å². The van der Waals surface area contributed by atoms with E-state index in [4.69, 9.17) is 19.9 Å². The summed E-state index contributed by atoms with van der Waals surface area (Å²) in [6.07, 6.45) is 2.48. The van der Waals surface area contributed by atoms with Crippen LogP contribution in [0.15, 0.2) is 36.5 Å². The van der Waals surface area contributed by atoms with Crippen LogP contribution in [0.4, 0.5) is 5.69 Å². The fourth-order valence-corrected chi connectivity index (χ4v) is 1.81. The van der Waals surface area contributed by atoms with Gasteiger partial charge in [0, 0.05) is 30.4 Å². The van der Waals surface area contributed by atoms with Crippen LogP contribution in [-0.4, -0.2) is 25.8 Å². The van der Waals surface area contributed by atoms with Crippen molar-refractivity contribution < 1.29 is 14.2 Å². The van der Waals surface area contributed by atoms with E-state index in [1.807, 2.05) is 18.2 Å². The maximum Gasteiger partial charge on any atom is 0.164 e. The summed E-state index contributed by atoms with van der Waals surface area (Å²) in [6, 6.07) is 9.21. The van der Waals surface area contributed by atoms with Crippen molar-refractivity contribution in [3.8, 4) is 17.2 Å². The number of nitrogens with two attached hydrogens (primary N) is 1. The van der Waals surface area contributed by atoms with Gasteiger partial charge in [0.15, 0.2) is 11.5 Å². The summed E-state index contributed by atoms with van der Waals surface area (Å²) < 4.78 is 16.1. The summed E-state index contributed by atoms with van der Waals surface area (Å²) in [5.41, 5.74) is 7.42. The summed E-state index contributed by atoms with van der Waals surface area (Å²) >= 11 is 0. The van der Waals surface area contributed by atoms with E-state index in [-0.39, 0.29) is 0 Å². The first-order valence-corrected chi connectivity index (χ1v) is 6.28. The van der Waals surface area contributed by atoms with Gasteiger partial charge in [0.25, 0.3) is 0 Å². The Hall–Kier alpha value is -2.43. The van der Waals surface area contributed by atoms with E-state index >= 15 is 0 Å². The van der Waals surface area contributed by atoms with E-state index in [1.165, 1.54) is 0 Å². The molecule has 2 rings (SSSR count). The normalized spacial score (nSPS) is 10.1. The number of hydrogen-bond acceptors (Lipinski definition) is 5. The standard InChI is InChI=1S/C15H18N2O3/c1-18-14-9-12(16)13(10-15(14)19-2)20-8-6-11-5-3-4-7-17-11/h3-5,7,9-10H,6,8,16H2,1-2H3. The lowest BCUT2D eigenvalue weighted by Crippen LogP contribution is -2.05. The molecule has 0 amide bonds. The minimum absolute atomic E-state index is 0.497. The van der Waals surface area contributed by atoms with E-state index in [0.717, 1.165) is 5.69 Å². The Morgan fingerprint density at radius 1 is 1.05 bits per heavy atom. The third-order valence-corrected chi connectivity index (χ3v) is 2.86. The number of ether oxygens (including phenoxy) is 3. The molecule has 0 saturated carbocycles. The fraction of sp³-hybridized carbons (Fsp3) is 0.267. The Bertz CT molecular complexity index is 559. The molecule has 2 aromatic rings. The van der Waals surface area contributed by atoms with Crippen molar-refractivity contribution in [2.45, 2.75) is 6.42 Å². The van der Waals surface area contributed by atoms with Crippen molar-refractivity contribution in [1.29, 1.82) is 0 Å². The van der Waals surface area contributed by atoms with Crippen LogP contribution in [0.2, 0.25) is 0 Å². The molecule has 2 N–H and O–H groups in total. The second-order valence-corrected chi connectivity index (χ2v) is 4.16. The molecule has 0 aliphatic heterocycles. The van der Waals surface area contributed by atoms with Gasteiger partial charge in [-0.3, -0.25) is 4.98 Å². The number of anilines is 1. The summed E-state index contributed by atoms with van der Waals surface area (Å²) in [4.78, 5) is 4.24. The predicted octanol–water partition coefficient (Wildman–Crippen LogP) is 2.30. The molecule has 1 aromatic heterocycles. The van der Waals surface area contributed by atoms with E-state index in [2.05, 4.69) is 4.98 Å². The van der Waals surface area contributed by atoms with Crippen LogP contribution in [0.1, 0.15) is 5.69 Å². The monoisotopic (exact) mass is 274 g/mol. The molecule has 0 spiro atoms. The van der Waals surface area contributed by atoms with Gasteiger partial charge in [-0.2, -0.15) is 0 Å². The zero-order valence-electron chi connectivity index (χ0n) is 11.6. The van der Waals surface area contributed by atoms with E-state index in [9.17, 15) is 0 Å². The number of methoxy groups -OCH3 is 2. The molecular formula is C15H18N2O3. The predicted molar refractivity (Wildman–Crippen MR) is 77.4 cm³/mol. The van der Waals surface area contributed by atoms with Gasteiger partial charge < -0.3 is 19.9 Å². The van der Waals surface area contributed by atoms with Gasteiger partial charge in [-0.25, -0.2) is 0 Å². The molecule has 5 nitrogen and oxygen atoms in total. The van der Waals surface area contributed by atoms with Crippen molar-refractivity contribution >= 4 is 5.69 Å². The summed E-state index contributed by atoms with van der Waals surface area (Å²) in [6.45, 7) is 0.497. The van der Waals surface area contributed by atoms with Gasteiger partial charge in [0.2, 0.25) is 0 Å². The molecule has 0 saturated heterocycles. The van der Waals surface area contributed by atoms with E-state index in [1.54, 1.807) is 32.5 Å². The van der Waals surface area contributed by atoms with Crippen LogP contribution in [-0.2, 0) is 6.42 Å². The van der Waals surface area contributed by atoms with Crippen LogP contribution in [0.25, 0.3) is 0 Å². The molecule has 106 valence electrons. The van der Waals surface area contributed by atoms with Gasteiger partial charge in [0.05, 0.1) is 26.5 Å². The quantitative estimate of drug-likeness (QED) is 0.819. The number of hydrogen-bond donors (Lipinski definition) is 1. The third-order valence-electron chi connectivity index (χ3n) is 2.86. The largest absolute Gasteiger partial charge is 0.493 e. The second-order valence-electron chi connectivity index (χ2n) is 4.16. The van der Waals surface area contributed by atoms with E-state index in [0.29, 0.717) is 36.0 Å². The molecule has 0 aliphatic carbocycles. The second kappa shape index (κ2) is 6.65. The zero-order valence-corrected chi connectivity index (χ0v) is 11.6. The lowest BCUT2D eigenvalue weighted by molar-refractivity contribution is 0.314. The highest BCUT2D eigenvalue weighted by Crippen LogP contribution is 2.36. The maximum absolute atomic E-state index is 5.92. The molecular weight excluding hydrogens is 256 g/mol. The molecule has 1 heterocycles. The minimum Gasteiger partial charge on any atom is -0.493 e. The Labute approximate surface area is 118 Å². The highest BCUT2D eigenvalue weighted by atomic mass is 16.5. The minimum atomic E-state index is 0.497. The smallest absolute Gasteiger partial charge is 0.164 e.